The van der Waals surface area contributed by atoms with Crippen molar-refractivity contribution < 1.29 is 13.6 Å². The van der Waals surface area contributed by atoms with Gasteiger partial charge in [-0.05, 0) is 48.7 Å². The Morgan fingerprint density at radius 1 is 1.20 bits per heavy atom. The SMILES string of the molecule is O=C(Nc1cc(F)c2n[nH]c(/C=C/c3cccc(F)c3)c2c1)C1CC1. The van der Waals surface area contributed by atoms with Crippen LogP contribution in [-0.4, -0.2) is 16.1 Å². The van der Waals surface area contributed by atoms with Crippen molar-refractivity contribution in [1.29, 1.82) is 0 Å². The smallest absolute Gasteiger partial charge is 0.227 e. The highest BCUT2D eigenvalue weighted by molar-refractivity contribution is 5.98. The fraction of sp³-hybridized carbons (Fsp3) is 0.158. The number of aromatic amines is 1. The summed E-state index contributed by atoms with van der Waals surface area (Å²) in [6.45, 7) is 0. The second-order valence-electron chi connectivity index (χ2n) is 6.14. The van der Waals surface area contributed by atoms with Crippen molar-refractivity contribution in [3.63, 3.8) is 0 Å². The molecule has 0 atom stereocenters. The molecule has 1 aliphatic carbocycles. The first-order chi connectivity index (χ1) is 12.1. The maximum atomic E-state index is 14.2. The van der Waals surface area contributed by atoms with Gasteiger partial charge in [0.25, 0.3) is 0 Å². The van der Waals surface area contributed by atoms with Gasteiger partial charge in [0, 0.05) is 17.0 Å². The minimum Gasteiger partial charge on any atom is -0.326 e. The van der Waals surface area contributed by atoms with Gasteiger partial charge in [0.1, 0.15) is 11.3 Å². The van der Waals surface area contributed by atoms with Crippen LogP contribution in [0.2, 0.25) is 0 Å². The number of aromatic nitrogens is 2. The Morgan fingerprint density at radius 2 is 2.04 bits per heavy atom. The topological polar surface area (TPSA) is 57.8 Å². The van der Waals surface area contributed by atoms with Crippen LogP contribution in [0.5, 0.6) is 0 Å². The van der Waals surface area contributed by atoms with Gasteiger partial charge in [0.05, 0.1) is 5.69 Å². The molecule has 0 unspecified atom stereocenters. The molecule has 1 aromatic heterocycles. The van der Waals surface area contributed by atoms with Crippen molar-refractivity contribution >= 4 is 34.6 Å². The molecule has 1 heterocycles. The van der Waals surface area contributed by atoms with E-state index in [1.807, 2.05) is 0 Å². The predicted octanol–water partition coefficient (Wildman–Crippen LogP) is 4.36. The van der Waals surface area contributed by atoms with E-state index in [1.54, 1.807) is 30.4 Å². The molecule has 1 fully saturated rings. The van der Waals surface area contributed by atoms with Crippen LogP contribution in [0.4, 0.5) is 14.5 Å². The summed E-state index contributed by atoms with van der Waals surface area (Å²) in [5.74, 6) is -0.882. The highest BCUT2D eigenvalue weighted by Crippen LogP contribution is 2.31. The molecule has 0 aliphatic heterocycles. The average Bonchev–Trinajstić information content (AvgIpc) is 3.35. The molecule has 25 heavy (non-hydrogen) atoms. The largest absolute Gasteiger partial charge is 0.326 e. The molecule has 6 heteroatoms. The second kappa shape index (κ2) is 6.12. The molecule has 0 saturated heterocycles. The van der Waals surface area contributed by atoms with Gasteiger partial charge in [-0.15, -0.1) is 0 Å². The summed E-state index contributed by atoms with van der Waals surface area (Å²) in [5.41, 5.74) is 1.87. The Labute approximate surface area is 142 Å². The fourth-order valence-electron chi connectivity index (χ4n) is 2.67. The van der Waals surface area contributed by atoms with E-state index < -0.39 is 5.82 Å². The normalized spacial score (nSPS) is 14.3. The molecule has 0 bridgehead atoms. The van der Waals surface area contributed by atoms with Gasteiger partial charge >= 0.3 is 0 Å². The summed E-state index contributed by atoms with van der Waals surface area (Å²) in [6.07, 6.45) is 5.17. The Hall–Kier alpha value is -3.02. The number of hydrogen-bond donors (Lipinski definition) is 2. The van der Waals surface area contributed by atoms with E-state index in [0.29, 0.717) is 22.3 Å². The lowest BCUT2D eigenvalue weighted by Gasteiger charge is -2.05. The molecule has 126 valence electrons. The molecule has 2 aromatic carbocycles. The average molecular weight is 339 g/mol. The predicted molar refractivity (Wildman–Crippen MR) is 92.7 cm³/mol. The highest BCUT2D eigenvalue weighted by atomic mass is 19.1. The first kappa shape index (κ1) is 15.5. The number of anilines is 1. The maximum Gasteiger partial charge on any atom is 0.227 e. The molecule has 4 rings (SSSR count). The zero-order chi connectivity index (χ0) is 17.4. The third kappa shape index (κ3) is 3.28. The number of halogens is 2. The first-order valence-corrected chi connectivity index (χ1v) is 8.02. The molecule has 3 aromatic rings. The number of H-pyrrole nitrogens is 1. The first-order valence-electron chi connectivity index (χ1n) is 8.02. The summed E-state index contributed by atoms with van der Waals surface area (Å²) in [5, 5.41) is 10.0. The Bertz CT molecular complexity index is 989. The van der Waals surface area contributed by atoms with E-state index >= 15 is 0 Å². The van der Waals surface area contributed by atoms with Crippen LogP contribution in [0.25, 0.3) is 23.1 Å². The molecule has 0 spiro atoms. The molecule has 0 radical (unpaired) electrons. The van der Waals surface area contributed by atoms with Gasteiger partial charge < -0.3 is 5.32 Å². The molecule has 4 nitrogen and oxygen atoms in total. The number of rotatable bonds is 4. The van der Waals surface area contributed by atoms with Gasteiger partial charge in [0.2, 0.25) is 5.91 Å². The Kier molecular flexibility index (Phi) is 3.80. The van der Waals surface area contributed by atoms with Crippen molar-refractivity contribution in [2.75, 3.05) is 5.32 Å². The van der Waals surface area contributed by atoms with E-state index in [0.717, 1.165) is 12.8 Å². The number of amides is 1. The van der Waals surface area contributed by atoms with Crippen LogP contribution in [0.3, 0.4) is 0 Å². The van der Waals surface area contributed by atoms with E-state index in [2.05, 4.69) is 15.5 Å². The van der Waals surface area contributed by atoms with Crippen molar-refractivity contribution in [1.82, 2.24) is 10.2 Å². The van der Waals surface area contributed by atoms with Crippen LogP contribution >= 0.6 is 0 Å². The van der Waals surface area contributed by atoms with Gasteiger partial charge in [-0.3, -0.25) is 9.89 Å². The van der Waals surface area contributed by atoms with Crippen LogP contribution in [0.15, 0.2) is 36.4 Å². The zero-order valence-corrected chi connectivity index (χ0v) is 13.2. The van der Waals surface area contributed by atoms with Gasteiger partial charge in [-0.1, -0.05) is 18.2 Å². The summed E-state index contributed by atoms with van der Waals surface area (Å²) in [4.78, 5) is 11.9. The minimum absolute atomic E-state index is 0.0375. The lowest BCUT2D eigenvalue weighted by molar-refractivity contribution is -0.117. The quantitative estimate of drug-likeness (QED) is 0.742. The van der Waals surface area contributed by atoms with Crippen LogP contribution in [0, 0.1) is 17.6 Å². The Morgan fingerprint density at radius 3 is 2.80 bits per heavy atom. The minimum atomic E-state index is -0.509. The number of fused-ring (bicyclic) bond motifs is 1. The van der Waals surface area contributed by atoms with Gasteiger partial charge in [-0.2, -0.15) is 5.10 Å². The number of hydrogen-bond acceptors (Lipinski definition) is 2. The number of carbonyl (C=O) groups is 1. The number of carbonyl (C=O) groups excluding carboxylic acids is 1. The molecule has 2 N–H and O–H groups in total. The number of nitrogens with zero attached hydrogens (tertiary/aromatic N) is 1. The molecular formula is C19H15F2N3O. The van der Waals surface area contributed by atoms with E-state index in [1.165, 1.54) is 18.2 Å². The van der Waals surface area contributed by atoms with Crippen LogP contribution in [0.1, 0.15) is 24.1 Å². The third-order valence-electron chi connectivity index (χ3n) is 4.15. The maximum absolute atomic E-state index is 14.2. The molecular weight excluding hydrogens is 324 g/mol. The highest BCUT2D eigenvalue weighted by Gasteiger charge is 2.29. The van der Waals surface area contributed by atoms with Crippen molar-refractivity contribution in [3.05, 3.63) is 59.3 Å². The van der Waals surface area contributed by atoms with Gasteiger partial charge in [0.15, 0.2) is 5.82 Å². The second-order valence-corrected chi connectivity index (χ2v) is 6.14. The van der Waals surface area contributed by atoms with Crippen molar-refractivity contribution in [2.24, 2.45) is 5.92 Å². The lowest BCUT2D eigenvalue weighted by Crippen LogP contribution is -2.13. The monoisotopic (exact) mass is 339 g/mol. The third-order valence-corrected chi connectivity index (χ3v) is 4.15. The van der Waals surface area contributed by atoms with Crippen molar-refractivity contribution in [2.45, 2.75) is 12.8 Å². The summed E-state index contributed by atoms with van der Waals surface area (Å²) >= 11 is 0. The van der Waals surface area contributed by atoms with E-state index in [9.17, 15) is 13.6 Å². The van der Waals surface area contributed by atoms with Gasteiger partial charge in [-0.25, -0.2) is 8.78 Å². The summed E-state index contributed by atoms with van der Waals surface area (Å²) < 4.78 is 27.5. The number of nitrogens with one attached hydrogen (secondary N) is 2. The number of benzene rings is 2. The lowest BCUT2D eigenvalue weighted by atomic mass is 10.1. The van der Waals surface area contributed by atoms with E-state index in [4.69, 9.17) is 0 Å². The molecule has 1 amide bonds. The van der Waals surface area contributed by atoms with Crippen LogP contribution < -0.4 is 5.32 Å². The molecule has 1 saturated carbocycles. The standard InChI is InChI=1S/C19H15F2N3O/c20-13-3-1-2-11(8-13)4-7-17-15-9-14(22-19(25)12-5-6-12)10-16(21)18(15)24-23-17/h1-4,7-10,12H,5-6H2,(H,22,25)(H,23,24)/b7-4+. The fourth-order valence-corrected chi connectivity index (χ4v) is 2.67. The zero-order valence-electron chi connectivity index (χ0n) is 13.2. The summed E-state index contributed by atoms with van der Waals surface area (Å²) in [7, 11) is 0. The molecule has 1 aliphatic rings. The van der Waals surface area contributed by atoms with Crippen molar-refractivity contribution in [3.8, 4) is 0 Å². The summed E-state index contributed by atoms with van der Waals surface area (Å²) in [6, 6.07) is 9.10. The van der Waals surface area contributed by atoms with Crippen LogP contribution in [-0.2, 0) is 4.79 Å². The Balaban J connectivity index is 1.66. The van der Waals surface area contributed by atoms with E-state index in [-0.39, 0.29) is 23.2 Å².